The Kier molecular flexibility index (Phi) is 32.2. The molecule has 1 unspecified atom stereocenters. The number of carbonyl (C=O) groups is 2. The molecule has 2 atom stereocenters. The van der Waals surface area contributed by atoms with E-state index in [1.165, 1.54) is 0 Å². The second kappa shape index (κ2) is 33.9. The molecule has 0 rings (SSSR count). The predicted molar refractivity (Wildman–Crippen MR) is 199 cm³/mol. The van der Waals surface area contributed by atoms with E-state index in [9.17, 15) is 19.3 Å². The van der Waals surface area contributed by atoms with Crippen molar-refractivity contribution in [2.24, 2.45) is 0 Å². The van der Waals surface area contributed by atoms with Crippen molar-refractivity contribution < 1.29 is 43.0 Å². The number of carbonyl (C=O) groups excluding carboxylic acids is 2. The first-order chi connectivity index (χ1) is 23.7. The molecule has 0 bridgehead atoms. The average Bonchev–Trinajstić information content (AvgIpc) is 3.06. The highest BCUT2D eigenvalue weighted by Gasteiger charge is 2.22. The minimum Gasteiger partial charge on any atom is -0.462 e. The normalized spacial score (nSPS) is 14.0. The maximum atomic E-state index is 12.3. The Morgan fingerprint density at radius 3 is 1.80 bits per heavy atom. The quantitative estimate of drug-likeness (QED) is 0.0205. The molecule has 49 heavy (non-hydrogen) atoms. The zero-order chi connectivity index (χ0) is 36.3. The van der Waals surface area contributed by atoms with Crippen LogP contribution in [0.1, 0.15) is 136 Å². The summed E-state index contributed by atoms with van der Waals surface area (Å²) >= 11 is 0. The van der Waals surface area contributed by atoms with Crippen LogP contribution in [0.15, 0.2) is 72.9 Å². The Hall–Kier alpha value is -2.55. The van der Waals surface area contributed by atoms with Gasteiger partial charge in [0.25, 0.3) is 0 Å². The minimum absolute atomic E-state index is 0.157. The highest BCUT2D eigenvalue weighted by Crippen LogP contribution is 2.36. The summed E-state index contributed by atoms with van der Waals surface area (Å²) in [5.74, 6) is -0.967. The maximum Gasteiger partial charge on any atom is 0.469 e. The third-order valence-corrected chi connectivity index (χ3v) is 7.79. The number of hydrogen-bond donors (Lipinski definition) is 3. The van der Waals surface area contributed by atoms with E-state index in [2.05, 4.69) is 60.9 Å². The molecule has 280 valence electrons. The molecule has 0 aromatic heterocycles. The number of phosphoric ester groups is 1. The zero-order valence-electron chi connectivity index (χ0n) is 30.2. The topological polar surface area (TPSA) is 140 Å². The summed E-state index contributed by atoms with van der Waals surface area (Å²) in [5.41, 5.74) is 0. The molecule has 10 heteroatoms. The van der Waals surface area contributed by atoms with Gasteiger partial charge in [0.2, 0.25) is 0 Å². The number of phosphoric acid groups is 1. The summed E-state index contributed by atoms with van der Waals surface area (Å²) in [4.78, 5) is 42.7. The smallest absolute Gasteiger partial charge is 0.462 e. The fourth-order valence-electron chi connectivity index (χ4n) is 4.60. The van der Waals surface area contributed by atoms with E-state index in [0.717, 1.165) is 89.9 Å². The molecule has 0 heterocycles. The molecule has 0 aliphatic heterocycles. The number of aliphatic hydroxyl groups is 1. The Labute approximate surface area is 296 Å². The molecule has 0 spiro atoms. The monoisotopic (exact) mass is 708 g/mol. The second-order valence-electron chi connectivity index (χ2n) is 12.0. The van der Waals surface area contributed by atoms with Crippen LogP contribution < -0.4 is 0 Å². The predicted octanol–water partition coefficient (Wildman–Crippen LogP) is 9.70. The van der Waals surface area contributed by atoms with Crippen LogP contribution in [0.3, 0.4) is 0 Å². The summed E-state index contributed by atoms with van der Waals surface area (Å²) in [5, 5.41) is 9.83. The molecule has 0 aromatic carbocycles. The molecule has 9 nitrogen and oxygen atoms in total. The SMILES string of the molecule is CC/C=C\C/C=C\C/C=C\CCCCCCCC(=O)OC[C@H](COP(=O)(O)O)OC(=O)CCCCCCC/C=C/C=C/C(O)C/C=C/CC. The summed E-state index contributed by atoms with van der Waals surface area (Å²) in [6.45, 7) is 3.30. The van der Waals surface area contributed by atoms with Crippen LogP contribution in [-0.2, 0) is 28.2 Å². The third-order valence-electron chi connectivity index (χ3n) is 7.30. The number of unbranched alkanes of at least 4 members (excludes halogenated alkanes) is 10. The van der Waals surface area contributed by atoms with Crippen molar-refractivity contribution in [3.63, 3.8) is 0 Å². The first-order valence-corrected chi connectivity index (χ1v) is 19.9. The van der Waals surface area contributed by atoms with Crippen LogP contribution in [-0.4, -0.2) is 52.3 Å². The fraction of sp³-hybridized carbons (Fsp3) is 0.641. The van der Waals surface area contributed by atoms with E-state index in [1.807, 2.05) is 24.3 Å². The van der Waals surface area contributed by atoms with E-state index in [0.29, 0.717) is 19.3 Å². The molecule has 0 aliphatic carbocycles. The molecule has 0 aliphatic rings. The van der Waals surface area contributed by atoms with Crippen molar-refractivity contribution in [2.45, 2.75) is 148 Å². The van der Waals surface area contributed by atoms with Gasteiger partial charge >= 0.3 is 19.8 Å². The lowest BCUT2D eigenvalue weighted by Gasteiger charge is -2.18. The van der Waals surface area contributed by atoms with Crippen molar-refractivity contribution >= 4 is 19.8 Å². The number of rotatable bonds is 32. The van der Waals surface area contributed by atoms with Crippen molar-refractivity contribution in [1.29, 1.82) is 0 Å². The van der Waals surface area contributed by atoms with Gasteiger partial charge in [0.1, 0.15) is 6.61 Å². The lowest BCUT2D eigenvalue weighted by Crippen LogP contribution is -2.29. The largest absolute Gasteiger partial charge is 0.469 e. The molecule has 0 fully saturated rings. The van der Waals surface area contributed by atoms with Gasteiger partial charge in [-0.05, 0) is 70.6 Å². The van der Waals surface area contributed by atoms with Crippen LogP contribution in [0.2, 0.25) is 0 Å². The van der Waals surface area contributed by atoms with Gasteiger partial charge in [0, 0.05) is 12.8 Å². The zero-order valence-corrected chi connectivity index (χ0v) is 31.1. The lowest BCUT2D eigenvalue weighted by atomic mass is 10.1. The molecule has 0 aromatic rings. The molecule has 3 N–H and O–H groups in total. The van der Waals surface area contributed by atoms with Gasteiger partial charge in [-0.15, -0.1) is 0 Å². The number of aliphatic hydroxyl groups excluding tert-OH is 1. The van der Waals surface area contributed by atoms with Crippen LogP contribution in [0.5, 0.6) is 0 Å². The standard InChI is InChI=1S/C39H65O9P/c1-3-5-7-8-9-10-11-12-13-14-15-18-21-24-28-32-38(41)46-34-37(35-47-49(43,44)45)48-39(42)33-29-25-22-19-16-17-20-23-27-31-36(40)30-26-6-4-2/h5-7,9-10,12-13,20,23,26-27,31,36-37,40H,3-4,8,11,14-19,21-22,24-25,28-30,32-35H2,1-2H3,(H2,43,44,45)/b7-5-,10-9-,13-12-,23-20+,26-6+,31-27+/t36?,37-/m1/s1. The van der Waals surface area contributed by atoms with Crippen molar-refractivity contribution in [2.75, 3.05) is 13.2 Å². The highest BCUT2D eigenvalue weighted by atomic mass is 31.2. The van der Waals surface area contributed by atoms with Gasteiger partial charge in [0.15, 0.2) is 6.10 Å². The number of hydrogen-bond acceptors (Lipinski definition) is 7. The number of allylic oxidation sites excluding steroid dienone is 10. The molecule has 0 saturated heterocycles. The molecule has 0 amide bonds. The number of ether oxygens (including phenoxy) is 2. The third kappa shape index (κ3) is 36.6. The molecule has 0 radical (unpaired) electrons. The van der Waals surface area contributed by atoms with Crippen LogP contribution in [0.4, 0.5) is 0 Å². The summed E-state index contributed by atoms with van der Waals surface area (Å²) in [7, 11) is -4.78. The average molecular weight is 709 g/mol. The van der Waals surface area contributed by atoms with Crippen molar-refractivity contribution in [3.05, 3.63) is 72.9 Å². The van der Waals surface area contributed by atoms with Crippen LogP contribution in [0, 0.1) is 0 Å². The van der Waals surface area contributed by atoms with Gasteiger partial charge in [-0.2, -0.15) is 0 Å². The van der Waals surface area contributed by atoms with Crippen LogP contribution in [0.25, 0.3) is 0 Å². The van der Waals surface area contributed by atoms with E-state index in [4.69, 9.17) is 19.3 Å². The van der Waals surface area contributed by atoms with Crippen LogP contribution >= 0.6 is 7.82 Å². The van der Waals surface area contributed by atoms with Gasteiger partial charge in [0.05, 0.1) is 12.7 Å². The van der Waals surface area contributed by atoms with Gasteiger partial charge in [-0.25, -0.2) is 4.57 Å². The van der Waals surface area contributed by atoms with Crippen molar-refractivity contribution in [3.8, 4) is 0 Å². The van der Waals surface area contributed by atoms with E-state index in [1.54, 1.807) is 6.08 Å². The fourth-order valence-corrected chi connectivity index (χ4v) is 4.96. The summed E-state index contributed by atoms with van der Waals surface area (Å²) in [6, 6.07) is 0. The summed E-state index contributed by atoms with van der Waals surface area (Å²) < 4.78 is 26.2. The van der Waals surface area contributed by atoms with Gasteiger partial charge in [-0.3, -0.25) is 14.1 Å². The van der Waals surface area contributed by atoms with E-state index >= 15 is 0 Å². The van der Waals surface area contributed by atoms with E-state index in [-0.39, 0.29) is 19.4 Å². The Morgan fingerprint density at radius 1 is 0.633 bits per heavy atom. The second-order valence-corrected chi connectivity index (χ2v) is 13.2. The Morgan fingerprint density at radius 2 is 1.16 bits per heavy atom. The maximum absolute atomic E-state index is 12.3. The molecule has 0 saturated carbocycles. The van der Waals surface area contributed by atoms with E-state index < -0.39 is 38.6 Å². The minimum atomic E-state index is -4.78. The first-order valence-electron chi connectivity index (χ1n) is 18.3. The van der Waals surface area contributed by atoms with Gasteiger partial charge in [-0.1, -0.05) is 125 Å². The summed E-state index contributed by atoms with van der Waals surface area (Å²) in [6.07, 6.45) is 39.5. The van der Waals surface area contributed by atoms with Crippen molar-refractivity contribution in [1.82, 2.24) is 0 Å². The molecular weight excluding hydrogens is 643 g/mol. The Bertz CT molecular complexity index is 1040. The molecular formula is C39H65O9P. The number of esters is 2. The Balaban J connectivity index is 4.10. The first kappa shape index (κ1) is 46.5. The lowest BCUT2D eigenvalue weighted by molar-refractivity contribution is -0.161. The van der Waals surface area contributed by atoms with Gasteiger partial charge < -0.3 is 24.4 Å². The highest BCUT2D eigenvalue weighted by molar-refractivity contribution is 7.46.